The molecule has 0 aromatic heterocycles. The summed E-state index contributed by atoms with van der Waals surface area (Å²) in [6.45, 7) is 1.99. The first kappa shape index (κ1) is 9.67. The van der Waals surface area contributed by atoms with Crippen molar-refractivity contribution in [3.05, 3.63) is 28.2 Å². The molecule has 3 rings (SSSR count). The van der Waals surface area contributed by atoms with Crippen LogP contribution in [0.25, 0.3) is 0 Å². The Kier molecular flexibility index (Phi) is 2.25. The second-order valence-electron chi connectivity index (χ2n) is 4.50. The average molecular weight is 267 g/mol. The Balaban J connectivity index is 2.02. The third-order valence-corrected chi connectivity index (χ3v) is 4.41. The number of halogens is 1. The van der Waals surface area contributed by atoms with E-state index in [1.165, 1.54) is 35.1 Å². The van der Waals surface area contributed by atoms with Crippen LogP contribution in [0.2, 0.25) is 0 Å². The molecule has 2 aliphatic rings. The summed E-state index contributed by atoms with van der Waals surface area (Å²) in [5, 5.41) is 0. The van der Waals surface area contributed by atoms with Gasteiger partial charge in [-0.05, 0) is 52.9 Å². The third-order valence-electron chi connectivity index (χ3n) is 3.77. The highest BCUT2D eigenvalue weighted by atomic mass is 79.9. The number of rotatable bonds is 1. The first-order valence-electron chi connectivity index (χ1n) is 5.55. The van der Waals surface area contributed by atoms with Crippen molar-refractivity contribution in [3.63, 3.8) is 0 Å². The normalized spacial score (nSPS) is 28.0. The van der Waals surface area contributed by atoms with Gasteiger partial charge in [-0.15, -0.1) is 0 Å². The standard InChI is InChI=1S/C12H15BrN2/c13-10-3-1-2-8-6-11-9(7-14)4-5-15(11)12(8)10/h1-3,9,11H,4-7,14H2. The van der Waals surface area contributed by atoms with E-state index in [-0.39, 0.29) is 0 Å². The zero-order chi connectivity index (χ0) is 10.4. The van der Waals surface area contributed by atoms with E-state index in [1.807, 2.05) is 0 Å². The number of benzene rings is 1. The maximum absolute atomic E-state index is 5.82. The highest BCUT2D eigenvalue weighted by Gasteiger charge is 2.39. The molecule has 1 aromatic rings. The van der Waals surface area contributed by atoms with Crippen molar-refractivity contribution >= 4 is 21.6 Å². The van der Waals surface area contributed by atoms with Crippen LogP contribution in [0.15, 0.2) is 22.7 Å². The van der Waals surface area contributed by atoms with Crippen LogP contribution in [-0.4, -0.2) is 19.1 Å². The van der Waals surface area contributed by atoms with Crippen molar-refractivity contribution in [2.45, 2.75) is 18.9 Å². The van der Waals surface area contributed by atoms with E-state index >= 15 is 0 Å². The van der Waals surface area contributed by atoms with E-state index < -0.39 is 0 Å². The van der Waals surface area contributed by atoms with E-state index in [2.05, 4.69) is 39.0 Å². The lowest BCUT2D eigenvalue weighted by Crippen LogP contribution is -2.32. The van der Waals surface area contributed by atoms with Crippen molar-refractivity contribution < 1.29 is 0 Å². The number of hydrogen-bond acceptors (Lipinski definition) is 2. The van der Waals surface area contributed by atoms with Gasteiger partial charge >= 0.3 is 0 Å². The van der Waals surface area contributed by atoms with E-state index in [4.69, 9.17) is 5.73 Å². The number of hydrogen-bond donors (Lipinski definition) is 1. The quantitative estimate of drug-likeness (QED) is 0.844. The predicted molar refractivity (Wildman–Crippen MR) is 66.1 cm³/mol. The minimum Gasteiger partial charge on any atom is -0.367 e. The molecule has 1 fully saturated rings. The van der Waals surface area contributed by atoms with Crippen LogP contribution < -0.4 is 10.6 Å². The molecule has 1 aromatic carbocycles. The zero-order valence-corrected chi connectivity index (χ0v) is 10.2. The number of fused-ring (bicyclic) bond motifs is 3. The molecular weight excluding hydrogens is 252 g/mol. The number of anilines is 1. The molecule has 2 atom stereocenters. The minimum atomic E-state index is 0.656. The van der Waals surface area contributed by atoms with Crippen molar-refractivity contribution in [3.8, 4) is 0 Å². The highest BCUT2D eigenvalue weighted by molar-refractivity contribution is 9.10. The molecule has 2 unspecified atom stereocenters. The van der Waals surface area contributed by atoms with Crippen molar-refractivity contribution in [1.82, 2.24) is 0 Å². The lowest BCUT2D eigenvalue weighted by Gasteiger charge is -2.22. The molecule has 0 bridgehead atoms. The molecule has 0 aliphatic carbocycles. The van der Waals surface area contributed by atoms with E-state index in [0.29, 0.717) is 12.0 Å². The second kappa shape index (κ2) is 3.49. The van der Waals surface area contributed by atoms with Crippen LogP contribution in [-0.2, 0) is 6.42 Å². The van der Waals surface area contributed by atoms with Gasteiger partial charge in [-0.2, -0.15) is 0 Å². The summed E-state index contributed by atoms with van der Waals surface area (Å²) in [6, 6.07) is 7.16. The molecule has 2 aliphatic heterocycles. The molecule has 2 heterocycles. The predicted octanol–water partition coefficient (Wildman–Crippen LogP) is 2.16. The maximum Gasteiger partial charge on any atom is 0.0546 e. The van der Waals surface area contributed by atoms with E-state index in [9.17, 15) is 0 Å². The van der Waals surface area contributed by atoms with Crippen molar-refractivity contribution in [2.75, 3.05) is 18.0 Å². The van der Waals surface area contributed by atoms with Gasteiger partial charge < -0.3 is 10.6 Å². The summed E-state index contributed by atoms with van der Waals surface area (Å²) in [5.74, 6) is 0.685. The molecule has 2 nitrogen and oxygen atoms in total. The molecule has 1 saturated heterocycles. The first-order chi connectivity index (χ1) is 7.31. The van der Waals surface area contributed by atoms with Gasteiger partial charge in [-0.3, -0.25) is 0 Å². The van der Waals surface area contributed by atoms with Crippen molar-refractivity contribution in [1.29, 1.82) is 0 Å². The highest BCUT2D eigenvalue weighted by Crippen LogP contribution is 2.43. The number of nitrogens with two attached hydrogens (primary N) is 1. The number of para-hydroxylation sites is 1. The van der Waals surface area contributed by atoms with Gasteiger partial charge in [0.1, 0.15) is 0 Å². The van der Waals surface area contributed by atoms with E-state index in [1.54, 1.807) is 0 Å². The lowest BCUT2D eigenvalue weighted by molar-refractivity contribution is 0.491. The molecule has 15 heavy (non-hydrogen) atoms. The monoisotopic (exact) mass is 266 g/mol. The molecule has 0 radical (unpaired) electrons. The fourth-order valence-electron chi connectivity index (χ4n) is 3.02. The van der Waals surface area contributed by atoms with Gasteiger partial charge in [-0.25, -0.2) is 0 Å². The topological polar surface area (TPSA) is 29.3 Å². The SMILES string of the molecule is NCC1CCN2c3c(Br)cccc3CC12. The average Bonchev–Trinajstić information content (AvgIpc) is 2.75. The summed E-state index contributed by atoms with van der Waals surface area (Å²) >= 11 is 3.65. The molecule has 0 saturated carbocycles. The van der Waals surface area contributed by atoms with Crippen LogP contribution >= 0.6 is 15.9 Å². The molecular formula is C12H15BrN2. The summed E-state index contributed by atoms with van der Waals surface area (Å²) < 4.78 is 1.24. The Morgan fingerprint density at radius 2 is 2.33 bits per heavy atom. The summed E-state index contributed by atoms with van der Waals surface area (Å²) in [4.78, 5) is 2.54. The van der Waals surface area contributed by atoms with E-state index in [0.717, 1.165) is 6.54 Å². The Bertz CT molecular complexity index is 391. The second-order valence-corrected chi connectivity index (χ2v) is 5.35. The van der Waals surface area contributed by atoms with Crippen LogP contribution in [0, 0.1) is 5.92 Å². The van der Waals surface area contributed by atoms with Crippen LogP contribution in [0.3, 0.4) is 0 Å². The van der Waals surface area contributed by atoms with Gasteiger partial charge in [0.15, 0.2) is 0 Å². The van der Waals surface area contributed by atoms with Crippen molar-refractivity contribution in [2.24, 2.45) is 11.7 Å². The fourth-order valence-corrected chi connectivity index (χ4v) is 3.65. The first-order valence-corrected chi connectivity index (χ1v) is 6.34. The zero-order valence-electron chi connectivity index (χ0n) is 8.62. The Morgan fingerprint density at radius 1 is 1.47 bits per heavy atom. The molecule has 80 valence electrons. The lowest BCUT2D eigenvalue weighted by atomic mass is 9.97. The summed E-state index contributed by atoms with van der Waals surface area (Å²) in [7, 11) is 0. The molecule has 0 spiro atoms. The fraction of sp³-hybridized carbons (Fsp3) is 0.500. The van der Waals surface area contributed by atoms with Gasteiger partial charge in [0.05, 0.1) is 5.69 Å². The Hall–Kier alpha value is -0.540. The number of nitrogens with zero attached hydrogens (tertiary/aromatic N) is 1. The molecule has 2 N–H and O–H groups in total. The summed E-state index contributed by atoms with van der Waals surface area (Å²) in [5.41, 5.74) is 8.72. The smallest absolute Gasteiger partial charge is 0.0546 e. The maximum atomic E-state index is 5.82. The van der Waals surface area contributed by atoms with Crippen LogP contribution in [0.5, 0.6) is 0 Å². The third kappa shape index (κ3) is 1.33. The van der Waals surface area contributed by atoms with Crippen LogP contribution in [0.4, 0.5) is 5.69 Å². The Morgan fingerprint density at radius 3 is 3.13 bits per heavy atom. The summed E-state index contributed by atoms with van der Waals surface area (Å²) in [6.07, 6.45) is 2.43. The molecule has 3 heteroatoms. The van der Waals surface area contributed by atoms with Gasteiger partial charge in [0.25, 0.3) is 0 Å². The van der Waals surface area contributed by atoms with Gasteiger partial charge in [0, 0.05) is 17.1 Å². The van der Waals surface area contributed by atoms with Crippen LogP contribution in [0.1, 0.15) is 12.0 Å². The van der Waals surface area contributed by atoms with Gasteiger partial charge in [-0.1, -0.05) is 12.1 Å². The minimum absolute atomic E-state index is 0.656. The Labute approximate surface area is 98.6 Å². The molecule has 0 amide bonds. The largest absolute Gasteiger partial charge is 0.367 e. The van der Waals surface area contributed by atoms with Gasteiger partial charge in [0.2, 0.25) is 0 Å².